The summed E-state index contributed by atoms with van der Waals surface area (Å²) in [5, 5.41) is 12.4. The Bertz CT molecular complexity index is 350. The molecule has 0 amide bonds. The second-order valence-corrected chi connectivity index (χ2v) is 4.55. The minimum Gasteiger partial charge on any atom is -0.396 e. The van der Waals surface area contributed by atoms with Crippen molar-refractivity contribution in [3.8, 4) is 0 Å². The first-order valence-corrected chi connectivity index (χ1v) is 5.85. The van der Waals surface area contributed by atoms with Crippen LogP contribution in [0.2, 0.25) is 0 Å². The zero-order valence-electron chi connectivity index (χ0n) is 9.38. The maximum Gasteiger partial charge on any atom is 0.127 e. The van der Waals surface area contributed by atoms with E-state index in [2.05, 4.69) is 5.32 Å². The minimum absolute atomic E-state index is 0.0526. The molecule has 1 aromatic rings. The highest BCUT2D eigenvalue weighted by molar-refractivity contribution is 5.17. The van der Waals surface area contributed by atoms with Gasteiger partial charge in [0.15, 0.2) is 0 Å². The highest BCUT2D eigenvalue weighted by Gasteiger charge is 2.35. The normalized spacial score (nSPS) is 18.1. The van der Waals surface area contributed by atoms with Gasteiger partial charge in [0.1, 0.15) is 5.82 Å². The fourth-order valence-electron chi connectivity index (χ4n) is 2.26. The van der Waals surface area contributed by atoms with Crippen molar-refractivity contribution in [2.24, 2.45) is 0 Å². The summed E-state index contributed by atoms with van der Waals surface area (Å²) in [5.41, 5.74) is 0.753. The topological polar surface area (TPSA) is 32.3 Å². The van der Waals surface area contributed by atoms with Gasteiger partial charge in [-0.3, -0.25) is 0 Å². The Morgan fingerprint density at radius 2 is 2.06 bits per heavy atom. The van der Waals surface area contributed by atoms with Gasteiger partial charge in [-0.05, 0) is 31.7 Å². The number of halogens is 1. The van der Waals surface area contributed by atoms with Crippen molar-refractivity contribution in [2.75, 3.05) is 6.61 Å². The van der Waals surface area contributed by atoms with Gasteiger partial charge < -0.3 is 10.4 Å². The predicted octanol–water partition coefficient (Wildman–Crippen LogP) is 2.22. The van der Waals surface area contributed by atoms with Crippen molar-refractivity contribution in [1.82, 2.24) is 5.32 Å². The van der Waals surface area contributed by atoms with Crippen LogP contribution < -0.4 is 5.32 Å². The molecule has 16 heavy (non-hydrogen) atoms. The molecule has 1 saturated carbocycles. The third-order valence-electron chi connectivity index (χ3n) is 3.51. The first kappa shape index (κ1) is 11.6. The summed E-state index contributed by atoms with van der Waals surface area (Å²) < 4.78 is 13.4. The number of rotatable bonds is 5. The van der Waals surface area contributed by atoms with Crippen LogP contribution in [0.1, 0.15) is 31.2 Å². The molecule has 1 aliphatic rings. The molecule has 1 aliphatic carbocycles. The number of hydrogen-bond donors (Lipinski definition) is 2. The van der Waals surface area contributed by atoms with Crippen LogP contribution in [0.4, 0.5) is 4.39 Å². The van der Waals surface area contributed by atoms with E-state index < -0.39 is 0 Å². The van der Waals surface area contributed by atoms with Crippen LogP contribution in [-0.4, -0.2) is 17.3 Å². The third-order valence-corrected chi connectivity index (χ3v) is 3.51. The number of nitrogens with one attached hydrogen (secondary N) is 1. The van der Waals surface area contributed by atoms with E-state index in [4.69, 9.17) is 5.11 Å². The average molecular weight is 223 g/mol. The molecule has 2 nitrogen and oxygen atoms in total. The second-order valence-electron chi connectivity index (χ2n) is 4.55. The Morgan fingerprint density at radius 1 is 1.31 bits per heavy atom. The fourth-order valence-corrected chi connectivity index (χ4v) is 2.26. The van der Waals surface area contributed by atoms with E-state index in [0.29, 0.717) is 12.1 Å². The quantitative estimate of drug-likeness (QED) is 0.802. The molecule has 2 N–H and O–H groups in total. The summed E-state index contributed by atoms with van der Waals surface area (Å²) in [6.45, 7) is 0.747. The molecule has 0 aromatic heterocycles. The Morgan fingerprint density at radius 3 is 2.62 bits per heavy atom. The Labute approximate surface area is 95.5 Å². The number of aliphatic hydroxyl groups excluding tert-OH is 1. The molecule has 1 fully saturated rings. The van der Waals surface area contributed by atoms with Crippen LogP contribution in [0.25, 0.3) is 0 Å². The molecule has 0 atom stereocenters. The van der Waals surface area contributed by atoms with Crippen molar-refractivity contribution in [2.45, 2.75) is 37.8 Å². The molecular formula is C13H18FNO. The van der Waals surface area contributed by atoms with Gasteiger partial charge in [0, 0.05) is 24.3 Å². The van der Waals surface area contributed by atoms with Gasteiger partial charge in [0.05, 0.1) is 0 Å². The highest BCUT2D eigenvalue weighted by atomic mass is 19.1. The fraction of sp³-hybridized carbons (Fsp3) is 0.538. The summed E-state index contributed by atoms with van der Waals surface area (Å²) in [6.07, 6.45) is 4.13. The molecule has 0 saturated heterocycles. The van der Waals surface area contributed by atoms with Crippen LogP contribution in [0.15, 0.2) is 24.3 Å². The summed E-state index contributed by atoms with van der Waals surface area (Å²) in [4.78, 5) is 0. The zero-order chi connectivity index (χ0) is 11.4. The molecular weight excluding hydrogens is 205 g/mol. The smallest absolute Gasteiger partial charge is 0.127 e. The number of aliphatic hydroxyl groups is 1. The van der Waals surface area contributed by atoms with Crippen molar-refractivity contribution in [3.05, 3.63) is 35.6 Å². The van der Waals surface area contributed by atoms with Gasteiger partial charge >= 0.3 is 0 Å². The van der Waals surface area contributed by atoms with E-state index in [9.17, 15) is 4.39 Å². The Kier molecular flexibility index (Phi) is 3.56. The molecule has 0 spiro atoms. The van der Waals surface area contributed by atoms with E-state index >= 15 is 0 Å². The van der Waals surface area contributed by atoms with E-state index in [-0.39, 0.29) is 18.0 Å². The Balaban J connectivity index is 1.93. The number of hydrogen-bond acceptors (Lipinski definition) is 2. The standard InChI is InChI=1S/C13H18FNO/c14-12-5-2-1-4-11(12)10-15-13(8-9-16)6-3-7-13/h1-2,4-5,15-16H,3,6-10H2. The van der Waals surface area contributed by atoms with Gasteiger partial charge in [-0.25, -0.2) is 4.39 Å². The van der Waals surface area contributed by atoms with Crippen molar-refractivity contribution in [3.63, 3.8) is 0 Å². The maximum absolute atomic E-state index is 13.4. The lowest BCUT2D eigenvalue weighted by Gasteiger charge is -2.42. The van der Waals surface area contributed by atoms with E-state index in [1.165, 1.54) is 12.5 Å². The van der Waals surface area contributed by atoms with Crippen molar-refractivity contribution < 1.29 is 9.50 Å². The van der Waals surface area contributed by atoms with E-state index in [0.717, 1.165) is 19.3 Å². The minimum atomic E-state index is -0.159. The van der Waals surface area contributed by atoms with Crippen LogP contribution in [-0.2, 0) is 6.54 Å². The summed E-state index contributed by atoms with van der Waals surface area (Å²) in [6, 6.07) is 6.83. The molecule has 2 rings (SSSR count). The van der Waals surface area contributed by atoms with Gasteiger partial charge in [0.25, 0.3) is 0 Å². The van der Waals surface area contributed by atoms with Gasteiger partial charge in [-0.1, -0.05) is 18.2 Å². The molecule has 0 bridgehead atoms. The lowest BCUT2D eigenvalue weighted by molar-refractivity contribution is 0.129. The molecule has 0 heterocycles. The van der Waals surface area contributed by atoms with Crippen LogP contribution in [0.5, 0.6) is 0 Å². The SMILES string of the molecule is OCCC1(NCc2ccccc2F)CCC1. The predicted molar refractivity (Wildman–Crippen MR) is 61.5 cm³/mol. The molecule has 1 aromatic carbocycles. The summed E-state index contributed by atoms with van der Waals surface area (Å²) >= 11 is 0. The molecule has 88 valence electrons. The van der Waals surface area contributed by atoms with Gasteiger partial charge in [-0.15, -0.1) is 0 Å². The third kappa shape index (κ3) is 2.42. The van der Waals surface area contributed by atoms with Gasteiger partial charge in [-0.2, -0.15) is 0 Å². The van der Waals surface area contributed by atoms with Gasteiger partial charge in [0.2, 0.25) is 0 Å². The Hall–Kier alpha value is -0.930. The summed E-state index contributed by atoms with van der Waals surface area (Å²) in [7, 11) is 0. The van der Waals surface area contributed by atoms with Crippen LogP contribution >= 0.6 is 0 Å². The molecule has 0 unspecified atom stereocenters. The lowest BCUT2D eigenvalue weighted by Crippen LogP contribution is -2.51. The van der Waals surface area contributed by atoms with E-state index in [1.54, 1.807) is 12.1 Å². The summed E-state index contributed by atoms with van der Waals surface area (Å²) in [5.74, 6) is -0.159. The lowest BCUT2D eigenvalue weighted by atomic mass is 9.74. The highest BCUT2D eigenvalue weighted by Crippen LogP contribution is 2.34. The molecule has 0 radical (unpaired) electrons. The monoisotopic (exact) mass is 223 g/mol. The van der Waals surface area contributed by atoms with Crippen LogP contribution in [0, 0.1) is 5.82 Å². The largest absolute Gasteiger partial charge is 0.396 e. The first-order chi connectivity index (χ1) is 7.76. The molecule has 0 aliphatic heterocycles. The average Bonchev–Trinajstić information content (AvgIpc) is 2.24. The van der Waals surface area contributed by atoms with Crippen molar-refractivity contribution in [1.29, 1.82) is 0 Å². The molecule has 3 heteroatoms. The van der Waals surface area contributed by atoms with Crippen LogP contribution in [0.3, 0.4) is 0 Å². The second kappa shape index (κ2) is 4.93. The zero-order valence-corrected chi connectivity index (χ0v) is 9.38. The first-order valence-electron chi connectivity index (χ1n) is 5.85. The van der Waals surface area contributed by atoms with Crippen molar-refractivity contribution >= 4 is 0 Å². The number of benzene rings is 1. The van der Waals surface area contributed by atoms with E-state index in [1.807, 2.05) is 6.07 Å². The maximum atomic E-state index is 13.4.